The van der Waals surface area contributed by atoms with E-state index in [0.29, 0.717) is 5.75 Å². The van der Waals surface area contributed by atoms with E-state index in [0.717, 1.165) is 22.6 Å². The van der Waals surface area contributed by atoms with Crippen LogP contribution >= 0.6 is 0 Å². The van der Waals surface area contributed by atoms with Gasteiger partial charge in [-0.05, 0) is 73.9 Å². The third kappa shape index (κ3) is 3.58. The lowest BCUT2D eigenvalue weighted by molar-refractivity contribution is -0.135. The number of carbonyl (C=O) groups excluding carboxylic acids is 1. The SMILES string of the molecule is COc1ccc(O[C@@H]2C(=O)N(c3ccc(C)c(C)c3)[C@H]2c2ccc(C)cc2)cc1. The van der Waals surface area contributed by atoms with Gasteiger partial charge in [-0.2, -0.15) is 0 Å². The Morgan fingerprint density at radius 2 is 1.45 bits per heavy atom. The fourth-order valence-corrected chi connectivity index (χ4v) is 3.63. The molecule has 0 aliphatic carbocycles. The largest absolute Gasteiger partial charge is 0.497 e. The minimum Gasteiger partial charge on any atom is -0.497 e. The maximum absolute atomic E-state index is 13.1. The van der Waals surface area contributed by atoms with Gasteiger partial charge in [-0.25, -0.2) is 0 Å². The number of anilines is 1. The van der Waals surface area contributed by atoms with Gasteiger partial charge in [-0.15, -0.1) is 0 Å². The van der Waals surface area contributed by atoms with Crippen molar-refractivity contribution >= 4 is 11.6 Å². The average molecular weight is 387 g/mol. The third-order valence-corrected chi connectivity index (χ3v) is 5.56. The summed E-state index contributed by atoms with van der Waals surface area (Å²) in [5, 5.41) is 0. The molecular formula is C25H25NO3. The van der Waals surface area contributed by atoms with Crippen LogP contribution in [0.25, 0.3) is 0 Å². The second kappa shape index (κ2) is 7.63. The number of β-lactam (4-membered cyclic amide) rings is 1. The van der Waals surface area contributed by atoms with E-state index in [2.05, 4.69) is 57.2 Å². The first kappa shape index (κ1) is 19.1. The van der Waals surface area contributed by atoms with Crippen LogP contribution in [-0.2, 0) is 4.79 Å². The quantitative estimate of drug-likeness (QED) is 0.568. The highest BCUT2D eigenvalue weighted by molar-refractivity contribution is 6.05. The maximum Gasteiger partial charge on any atom is 0.271 e. The number of amides is 1. The van der Waals surface area contributed by atoms with Crippen LogP contribution < -0.4 is 14.4 Å². The van der Waals surface area contributed by atoms with Gasteiger partial charge in [0.05, 0.1) is 7.11 Å². The second-order valence-electron chi connectivity index (χ2n) is 7.55. The van der Waals surface area contributed by atoms with Crippen LogP contribution in [0, 0.1) is 20.8 Å². The number of rotatable bonds is 5. The van der Waals surface area contributed by atoms with Gasteiger partial charge in [-0.1, -0.05) is 35.9 Å². The van der Waals surface area contributed by atoms with Crippen LogP contribution in [0.5, 0.6) is 11.5 Å². The molecule has 0 N–H and O–H groups in total. The van der Waals surface area contributed by atoms with Gasteiger partial charge in [0.25, 0.3) is 5.91 Å². The van der Waals surface area contributed by atoms with Crippen LogP contribution in [0.3, 0.4) is 0 Å². The van der Waals surface area contributed by atoms with E-state index in [1.54, 1.807) is 7.11 Å². The molecule has 148 valence electrons. The average Bonchev–Trinajstić information content (AvgIpc) is 2.73. The fraction of sp³-hybridized carbons (Fsp3) is 0.240. The Bertz CT molecular complexity index is 1020. The van der Waals surface area contributed by atoms with E-state index in [1.807, 2.05) is 35.2 Å². The fourth-order valence-electron chi connectivity index (χ4n) is 3.63. The van der Waals surface area contributed by atoms with Crippen LogP contribution in [-0.4, -0.2) is 19.1 Å². The van der Waals surface area contributed by atoms with Crippen molar-refractivity contribution in [1.29, 1.82) is 0 Å². The molecule has 4 nitrogen and oxygen atoms in total. The van der Waals surface area contributed by atoms with Crippen molar-refractivity contribution < 1.29 is 14.3 Å². The molecule has 4 rings (SSSR count). The molecule has 0 saturated carbocycles. The van der Waals surface area contributed by atoms with Gasteiger partial charge in [0.15, 0.2) is 0 Å². The van der Waals surface area contributed by atoms with Crippen molar-refractivity contribution in [3.63, 3.8) is 0 Å². The molecular weight excluding hydrogens is 362 g/mol. The topological polar surface area (TPSA) is 38.8 Å². The summed E-state index contributed by atoms with van der Waals surface area (Å²) in [4.78, 5) is 15.0. The second-order valence-corrected chi connectivity index (χ2v) is 7.55. The van der Waals surface area contributed by atoms with Crippen LogP contribution in [0.2, 0.25) is 0 Å². The molecule has 0 radical (unpaired) electrons. The summed E-state index contributed by atoms with van der Waals surface area (Å²) >= 11 is 0. The molecule has 0 aromatic heterocycles. The minimum atomic E-state index is -0.562. The van der Waals surface area contributed by atoms with Gasteiger partial charge in [0.1, 0.15) is 17.5 Å². The minimum absolute atomic E-state index is 0.0327. The predicted molar refractivity (Wildman–Crippen MR) is 115 cm³/mol. The monoisotopic (exact) mass is 387 g/mol. The number of benzene rings is 3. The number of hydrogen-bond donors (Lipinski definition) is 0. The van der Waals surface area contributed by atoms with Crippen LogP contribution in [0.15, 0.2) is 66.7 Å². The Morgan fingerprint density at radius 3 is 2.07 bits per heavy atom. The summed E-state index contributed by atoms with van der Waals surface area (Å²) in [6.07, 6.45) is -0.562. The molecule has 1 heterocycles. The Hall–Kier alpha value is -3.27. The number of methoxy groups -OCH3 is 1. The molecule has 1 fully saturated rings. The smallest absolute Gasteiger partial charge is 0.271 e. The summed E-state index contributed by atoms with van der Waals surface area (Å²) in [5.41, 5.74) is 5.52. The van der Waals surface area contributed by atoms with Crippen molar-refractivity contribution in [3.05, 3.63) is 89.0 Å². The number of carbonyl (C=O) groups is 1. The van der Waals surface area contributed by atoms with E-state index in [9.17, 15) is 4.79 Å². The summed E-state index contributed by atoms with van der Waals surface area (Å²) in [6.45, 7) is 6.20. The summed E-state index contributed by atoms with van der Waals surface area (Å²) in [6, 6.07) is 21.6. The first-order valence-corrected chi connectivity index (χ1v) is 9.75. The lowest BCUT2D eigenvalue weighted by atomic mass is 9.89. The van der Waals surface area contributed by atoms with Crippen LogP contribution in [0.4, 0.5) is 5.69 Å². The van der Waals surface area contributed by atoms with E-state index in [1.165, 1.54) is 11.1 Å². The number of aryl methyl sites for hydroxylation is 3. The molecule has 1 aliphatic heterocycles. The van der Waals surface area contributed by atoms with Gasteiger partial charge in [0, 0.05) is 5.69 Å². The molecule has 1 saturated heterocycles. The zero-order chi connectivity index (χ0) is 20.5. The first-order valence-electron chi connectivity index (χ1n) is 9.75. The number of ether oxygens (including phenoxy) is 2. The number of hydrogen-bond acceptors (Lipinski definition) is 3. The van der Waals surface area contributed by atoms with Crippen molar-refractivity contribution in [1.82, 2.24) is 0 Å². The lowest BCUT2D eigenvalue weighted by Gasteiger charge is -2.46. The molecule has 3 aromatic carbocycles. The third-order valence-electron chi connectivity index (χ3n) is 5.56. The van der Waals surface area contributed by atoms with Gasteiger partial charge < -0.3 is 9.47 Å². The van der Waals surface area contributed by atoms with E-state index in [-0.39, 0.29) is 11.9 Å². The summed E-state index contributed by atoms with van der Waals surface area (Å²) < 4.78 is 11.3. The van der Waals surface area contributed by atoms with Crippen LogP contribution in [0.1, 0.15) is 28.3 Å². The van der Waals surface area contributed by atoms with Crippen molar-refractivity contribution in [2.45, 2.75) is 32.9 Å². The van der Waals surface area contributed by atoms with E-state index in [4.69, 9.17) is 9.47 Å². The van der Waals surface area contributed by atoms with Gasteiger partial charge in [0.2, 0.25) is 6.10 Å². The molecule has 29 heavy (non-hydrogen) atoms. The molecule has 4 heteroatoms. The normalized spacial score (nSPS) is 18.3. The molecule has 0 unspecified atom stereocenters. The lowest BCUT2D eigenvalue weighted by Crippen LogP contribution is -2.61. The van der Waals surface area contributed by atoms with Crippen molar-refractivity contribution in [2.24, 2.45) is 0 Å². The highest BCUT2D eigenvalue weighted by Gasteiger charge is 2.51. The van der Waals surface area contributed by atoms with Crippen molar-refractivity contribution in [3.8, 4) is 11.5 Å². The highest BCUT2D eigenvalue weighted by atomic mass is 16.5. The Labute approximate surface area is 171 Å². The molecule has 1 amide bonds. The Kier molecular flexibility index (Phi) is 5.01. The van der Waals surface area contributed by atoms with Gasteiger partial charge >= 0.3 is 0 Å². The maximum atomic E-state index is 13.1. The van der Waals surface area contributed by atoms with Gasteiger partial charge in [-0.3, -0.25) is 9.69 Å². The highest BCUT2D eigenvalue weighted by Crippen LogP contribution is 2.42. The van der Waals surface area contributed by atoms with E-state index >= 15 is 0 Å². The molecule has 1 aliphatic rings. The molecule has 0 bridgehead atoms. The van der Waals surface area contributed by atoms with E-state index < -0.39 is 6.10 Å². The summed E-state index contributed by atoms with van der Waals surface area (Å²) in [7, 11) is 1.63. The molecule has 2 atom stereocenters. The Morgan fingerprint density at radius 1 is 0.793 bits per heavy atom. The summed E-state index contributed by atoms with van der Waals surface area (Å²) in [5.74, 6) is 1.37. The zero-order valence-corrected chi connectivity index (χ0v) is 17.2. The molecule has 3 aromatic rings. The predicted octanol–water partition coefficient (Wildman–Crippen LogP) is 5.16. The first-order chi connectivity index (χ1) is 14.0. The Balaban J connectivity index is 1.67. The molecule has 0 spiro atoms. The zero-order valence-electron chi connectivity index (χ0n) is 17.2. The standard InChI is InChI=1S/C25H25NO3/c1-16-5-8-19(9-6-16)23-24(29-22-13-11-21(28-4)12-14-22)25(27)26(23)20-10-7-17(2)18(3)15-20/h5-15,23-24H,1-4H3/t23-,24-/m0/s1. The number of nitrogens with zero attached hydrogens (tertiary/aromatic N) is 1. The van der Waals surface area contributed by atoms with Crippen molar-refractivity contribution in [2.75, 3.05) is 12.0 Å².